The van der Waals surface area contributed by atoms with Crippen molar-refractivity contribution < 1.29 is 4.74 Å². The van der Waals surface area contributed by atoms with Crippen LogP contribution in [0.5, 0.6) is 5.75 Å². The first kappa shape index (κ1) is 14.1. The molecule has 0 aliphatic carbocycles. The highest BCUT2D eigenvalue weighted by Crippen LogP contribution is 2.37. The average Bonchev–Trinajstić information content (AvgIpc) is 2.72. The molecule has 1 N–H and O–H groups in total. The van der Waals surface area contributed by atoms with Gasteiger partial charge in [0.1, 0.15) is 11.9 Å². The summed E-state index contributed by atoms with van der Waals surface area (Å²) in [6.45, 7) is 0. The molecule has 0 saturated carbocycles. The van der Waals surface area contributed by atoms with E-state index in [-0.39, 0.29) is 11.7 Å². The quantitative estimate of drug-likeness (QED) is 0.925. The number of piperidine rings is 1. The lowest BCUT2D eigenvalue weighted by atomic mass is 10.0. The van der Waals surface area contributed by atoms with Gasteiger partial charge in [-0.05, 0) is 56.3 Å². The monoisotopic (exact) mass is 318 g/mol. The third-order valence-corrected chi connectivity index (χ3v) is 5.47. The van der Waals surface area contributed by atoms with Crippen molar-refractivity contribution in [3.63, 3.8) is 0 Å². The van der Waals surface area contributed by atoms with Crippen molar-refractivity contribution in [2.75, 3.05) is 7.05 Å². The van der Waals surface area contributed by atoms with E-state index in [2.05, 4.69) is 16.9 Å². The van der Waals surface area contributed by atoms with Gasteiger partial charge in [0.15, 0.2) is 0 Å². The Bertz CT molecular complexity index is 759. The lowest BCUT2D eigenvalue weighted by Crippen LogP contribution is -2.43. The number of hydrogen-bond donors (Lipinski definition) is 1. The Morgan fingerprint density at radius 3 is 2.73 bits per heavy atom. The van der Waals surface area contributed by atoms with E-state index >= 15 is 0 Å². The summed E-state index contributed by atoms with van der Waals surface area (Å²) in [5.41, 5.74) is -0.122. The number of benzene rings is 1. The van der Waals surface area contributed by atoms with Crippen LogP contribution in [-0.4, -0.2) is 35.1 Å². The summed E-state index contributed by atoms with van der Waals surface area (Å²) in [5, 5.41) is 1.97. The summed E-state index contributed by atoms with van der Waals surface area (Å²) in [5.74, 6) is 0.689. The van der Waals surface area contributed by atoms with Gasteiger partial charge in [-0.25, -0.2) is 0 Å². The molecule has 1 aromatic carbocycles. The van der Waals surface area contributed by atoms with Gasteiger partial charge in [0.25, 0.3) is 5.56 Å². The Morgan fingerprint density at radius 1 is 1.27 bits per heavy atom. The molecule has 0 amide bonds. The lowest BCUT2D eigenvalue weighted by Gasteiger charge is -2.36. The fraction of sp³-hybridized carbons (Fsp3) is 0.471. The van der Waals surface area contributed by atoms with Crippen LogP contribution in [0.4, 0.5) is 0 Å². The Balaban J connectivity index is 1.62. The average molecular weight is 319 g/mol. The maximum atomic E-state index is 11.8. The molecular weight excluding hydrogens is 300 g/mol. The van der Waals surface area contributed by atoms with Gasteiger partial charge >= 0.3 is 0 Å². The molecule has 1 aromatic heterocycles. The normalized spacial score (nSPS) is 28.2. The fourth-order valence-electron chi connectivity index (χ4n) is 3.92. The Hall–Kier alpha value is -1.52. The first-order valence-corrected chi connectivity index (χ1v) is 8.19. The molecule has 2 fully saturated rings. The number of nitrogens with zero attached hydrogens (tertiary/aromatic N) is 1. The zero-order chi connectivity index (χ0) is 15.3. The van der Waals surface area contributed by atoms with Gasteiger partial charge in [-0.2, -0.15) is 0 Å². The fourth-order valence-corrected chi connectivity index (χ4v) is 4.12. The van der Waals surface area contributed by atoms with Crippen LogP contribution >= 0.6 is 11.6 Å². The zero-order valence-electron chi connectivity index (χ0n) is 12.5. The number of fused-ring (bicyclic) bond motifs is 3. The van der Waals surface area contributed by atoms with E-state index in [0.29, 0.717) is 28.2 Å². The highest BCUT2D eigenvalue weighted by molar-refractivity contribution is 6.32. The summed E-state index contributed by atoms with van der Waals surface area (Å²) in [4.78, 5) is 17.0. The van der Waals surface area contributed by atoms with Crippen LogP contribution in [0.3, 0.4) is 0 Å². The molecule has 3 atom stereocenters. The van der Waals surface area contributed by atoms with E-state index in [0.717, 1.165) is 18.2 Å². The summed E-state index contributed by atoms with van der Waals surface area (Å²) < 4.78 is 6.19. The minimum atomic E-state index is -0.122. The van der Waals surface area contributed by atoms with E-state index < -0.39 is 0 Å². The topological polar surface area (TPSA) is 45.3 Å². The molecular formula is C17H19ClN2O2. The summed E-state index contributed by atoms with van der Waals surface area (Å²) >= 11 is 6.32. The number of aromatic amines is 1. The second-order valence-corrected chi connectivity index (χ2v) is 6.85. The number of aromatic nitrogens is 1. The van der Waals surface area contributed by atoms with Crippen molar-refractivity contribution in [3.8, 4) is 5.75 Å². The van der Waals surface area contributed by atoms with Gasteiger partial charge in [-0.15, -0.1) is 0 Å². The van der Waals surface area contributed by atoms with Gasteiger partial charge in [0, 0.05) is 23.7 Å². The van der Waals surface area contributed by atoms with Gasteiger partial charge in [-0.3, -0.25) is 4.79 Å². The molecule has 4 nitrogen and oxygen atoms in total. The second-order valence-electron chi connectivity index (χ2n) is 6.44. The first-order chi connectivity index (χ1) is 10.6. The van der Waals surface area contributed by atoms with Crippen LogP contribution in [0.15, 0.2) is 29.2 Å². The minimum absolute atomic E-state index is 0.122. The number of rotatable bonds is 2. The third kappa shape index (κ3) is 2.31. The maximum absolute atomic E-state index is 11.8. The van der Waals surface area contributed by atoms with Crippen molar-refractivity contribution in [2.45, 2.75) is 43.9 Å². The molecule has 0 radical (unpaired) electrons. The first-order valence-electron chi connectivity index (χ1n) is 7.81. The Kier molecular flexibility index (Phi) is 3.39. The third-order valence-electron chi connectivity index (χ3n) is 5.17. The molecule has 2 aliphatic rings. The van der Waals surface area contributed by atoms with Crippen LogP contribution in [0.1, 0.15) is 25.7 Å². The summed E-state index contributed by atoms with van der Waals surface area (Å²) in [7, 11) is 2.22. The number of pyridine rings is 1. The standard InChI is InChI=1S/C17H19ClN2O2/c1-20-11-2-3-12(20)8-13(7-11)22-16-6-10-4-5-19-17(21)14(10)9-15(16)18/h4-6,9,11-13H,2-3,7-8H2,1H3,(H,19,21)/t11-,12+,13?. The van der Waals surface area contributed by atoms with Gasteiger partial charge in [0.2, 0.25) is 0 Å². The molecule has 2 saturated heterocycles. The molecule has 0 spiro atoms. The van der Waals surface area contributed by atoms with Crippen LogP contribution in [0, 0.1) is 0 Å². The molecule has 22 heavy (non-hydrogen) atoms. The molecule has 4 rings (SSSR count). The Morgan fingerprint density at radius 2 is 2.00 bits per heavy atom. The van der Waals surface area contributed by atoms with Crippen molar-refractivity contribution >= 4 is 22.4 Å². The highest BCUT2D eigenvalue weighted by Gasteiger charge is 2.39. The number of nitrogens with one attached hydrogen (secondary N) is 1. The molecule has 2 bridgehead atoms. The van der Waals surface area contributed by atoms with Crippen molar-refractivity contribution in [1.29, 1.82) is 0 Å². The number of ether oxygens (including phenoxy) is 1. The van der Waals surface area contributed by atoms with E-state index in [4.69, 9.17) is 16.3 Å². The van der Waals surface area contributed by atoms with Crippen molar-refractivity contribution in [2.24, 2.45) is 0 Å². The molecule has 3 heterocycles. The largest absolute Gasteiger partial charge is 0.489 e. The number of H-pyrrole nitrogens is 1. The minimum Gasteiger partial charge on any atom is -0.489 e. The lowest BCUT2D eigenvalue weighted by molar-refractivity contribution is 0.0663. The predicted octanol–water partition coefficient (Wildman–Crippen LogP) is 3.19. The van der Waals surface area contributed by atoms with E-state index in [1.165, 1.54) is 12.8 Å². The van der Waals surface area contributed by atoms with Crippen LogP contribution in [-0.2, 0) is 0 Å². The maximum Gasteiger partial charge on any atom is 0.255 e. The molecule has 1 unspecified atom stereocenters. The summed E-state index contributed by atoms with van der Waals surface area (Å²) in [6.07, 6.45) is 6.50. The highest BCUT2D eigenvalue weighted by atomic mass is 35.5. The predicted molar refractivity (Wildman–Crippen MR) is 87.8 cm³/mol. The molecule has 116 valence electrons. The van der Waals surface area contributed by atoms with E-state index in [9.17, 15) is 4.79 Å². The van der Waals surface area contributed by atoms with Crippen LogP contribution in [0.25, 0.3) is 10.8 Å². The van der Waals surface area contributed by atoms with E-state index in [1.807, 2.05) is 12.1 Å². The summed E-state index contributed by atoms with van der Waals surface area (Å²) in [6, 6.07) is 6.72. The second kappa shape index (κ2) is 5.28. The van der Waals surface area contributed by atoms with E-state index in [1.54, 1.807) is 12.3 Å². The molecule has 2 aromatic rings. The molecule has 2 aliphatic heterocycles. The van der Waals surface area contributed by atoms with Gasteiger partial charge in [-0.1, -0.05) is 11.6 Å². The van der Waals surface area contributed by atoms with Crippen LogP contribution in [0.2, 0.25) is 5.02 Å². The van der Waals surface area contributed by atoms with Gasteiger partial charge < -0.3 is 14.6 Å². The zero-order valence-corrected chi connectivity index (χ0v) is 13.3. The van der Waals surface area contributed by atoms with Gasteiger partial charge in [0.05, 0.1) is 5.02 Å². The van der Waals surface area contributed by atoms with Crippen molar-refractivity contribution in [3.05, 3.63) is 39.8 Å². The number of hydrogen-bond acceptors (Lipinski definition) is 3. The molecule has 5 heteroatoms. The number of halogens is 1. The van der Waals surface area contributed by atoms with Crippen LogP contribution < -0.4 is 10.3 Å². The van der Waals surface area contributed by atoms with Crippen molar-refractivity contribution in [1.82, 2.24) is 9.88 Å². The Labute approximate surface area is 134 Å². The SMILES string of the molecule is CN1[C@@H]2CC[C@H]1CC(Oc1cc3cc[nH]c(=O)c3cc1Cl)C2. The smallest absolute Gasteiger partial charge is 0.255 e.